The van der Waals surface area contributed by atoms with Crippen LogP contribution in [-0.2, 0) is 6.54 Å². The van der Waals surface area contributed by atoms with Gasteiger partial charge in [-0.3, -0.25) is 10.2 Å². The molecular weight excluding hydrogens is 245 g/mol. The van der Waals surface area contributed by atoms with Crippen LogP contribution in [-0.4, -0.2) is 5.91 Å². The third-order valence-electron chi connectivity index (χ3n) is 2.61. The van der Waals surface area contributed by atoms with Crippen molar-refractivity contribution in [3.8, 4) is 0 Å². The van der Waals surface area contributed by atoms with Crippen molar-refractivity contribution in [3.63, 3.8) is 0 Å². The average Bonchev–Trinajstić information content (AvgIpc) is 2.40. The number of hydrogen-bond acceptors (Lipinski definition) is 3. The first-order valence-electron chi connectivity index (χ1n) is 5.79. The van der Waals surface area contributed by atoms with E-state index in [2.05, 4.69) is 10.9 Å². The predicted octanol–water partition coefficient (Wildman–Crippen LogP) is 1.84. The minimum absolute atomic E-state index is 0.110. The summed E-state index contributed by atoms with van der Waals surface area (Å²) in [4.78, 5) is 11.8. The van der Waals surface area contributed by atoms with Crippen LogP contribution in [0.5, 0.6) is 0 Å². The van der Waals surface area contributed by atoms with E-state index in [1.54, 1.807) is 0 Å². The van der Waals surface area contributed by atoms with Crippen molar-refractivity contribution in [3.05, 3.63) is 65.5 Å². The highest BCUT2D eigenvalue weighted by atomic mass is 19.1. The van der Waals surface area contributed by atoms with E-state index < -0.39 is 11.7 Å². The normalized spacial score (nSPS) is 10.2. The fourth-order valence-electron chi connectivity index (χ4n) is 1.67. The number of nitrogens with two attached hydrogens (primary N) is 1. The Labute approximate surface area is 110 Å². The van der Waals surface area contributed by atoms with Crippen LogP contribution in [0.25, 0.3) is 0 Å². The first kappa shape index (κ1) is 13.0. The van der Waals surface area contributed by atoms with Crippen LogP contribution in [0, 0.1) is 5.82 Å². The standard InChI is InChI=1S/C14H14FN3O/c15-11-7-4-8-12(16)13(11)14(19)18-17-9-10-5-2-1-3-6-10/h1-8,17H,9,16H2,(H,18,19). The molecule has 0 atom stereocenters. The molecule has 0 bridgehead atoms. The zero-order valence-electron chi connectivity index (χ0n) is 10.2. The number of anilines is 1. The molecule has 98 valence electrons. The van der Waals surface area contributed by atoms with E-state index in [-0.39, 0.29) is 11.3 Å². The van der Waals surface area contributed by atoms with Crippen molar-refractivity contribution >= 4 is 11.6 Å². The van der Waals surface area contributed by atoms with Crippen LogP contribution in [0.3, 0.4) is 0 Å². The number of carbonyl (C=O) groups is 1. The van der Waals surface area contributed by atoms with E-state index in [0.29, 0.717) is 6.54 Å². The van der Waals surface area contributed by atoms with Crippen molar-refractivity contribution in [1.29, 1.82) is 0 Å². The Balaban J connectivity index is 1.95. The monoisotopic (exact) mass is 259 g/mol. The molecule has 0 saturated carbocycles. The maximum Gasteiger partial charge on any atom is 0.270 e. The highest BCUT2D eigenvalue weighted by Gasteiger charge is 2.14. The van der Waals surface area contributed by atoms with Gasteiger partial charge in [0.25, 0.3) is 5.91 Å². The van der Waals surface area contributed by atoms with Gasteiger partial charge in [-0.15, -0.1) is 0 Å². The second kappa shape index (κ2) is 5.97. The summed E-state index contributed by atoms with van der Waals surface area (Å²) in [6.45, 7) is 0.445. The van der Waals surface area contributed by atoms with Gasteiger partial charge in [0, 0.05) is 12.2 Å². The third kappa shape index (κ3) is 3.29. The number of hydrazine groups is 1. The Morgan fingerprint density at radius 3 is 2.53 bits per heavy atom. The number of halogens is 1. The Bertz CT molecular complexity index is 552. The first-order chi connectivity index (χ1) is 9.18. The molecule has 0 spiro atoms. The van der Waals surface area contributed by atoms with Crippen LogP contribution in [0.1, 0.15) is 15.9 Å². The zero-order chi connectivity index (χ0) is 13.7. The Morgan fingerprint density at radius 1 is 1.11 bits per heavy atom. The summed E-state index contributed by atoms with van der Waals surface area (Å²) in [6, 6.07) is 13.7. The molecule has 2 aromatic rings. The van der Waals surface area contributed by atoms with E-state index in [4.69, 9.17) is 5.73 Å². The maximum atomic E-state index is 13.5. The lowest BCUT2D eigenvalue weighted by Gasteiger charge is -2.09. The molecule has 5 heteroatoms. The fourth-order valence-corrected chi connectivity index (χ4v) is 1.67. The van der Waals surface area contributed by atoms with Crippen LogP contribution in [0.4, 0.5) is 10.1 Å². The maximum absolute atomic E-state index is 13.5. The van der Waals surface area contributed by atoms with Crippen molar-refractivity contribution in [2.45, 2.75) is 6.54 Å². The number of benzene rings is 2. The van der Waals surface area contributed by atoms with Gasteiger partial charge in [-0.05, 0) is 17.7 Å². The largest absolute Gasteiger partial charge is 0.398 e. The molecule has 0 fully saturated rings. The third-order valence-corrected chi connectivity index (χ3v) is 2.61. The topological polar surface area (TPSA) is 67.2 Å². The summed E-state index contributed by atoms with van der Waals surface area (Å²) in [7, 11) is 0. The molecule has 0 aliphatic rings. The van der Waals surface area contributed by atoms with E-state index in [0.717, 1.165) is 5.56 Å². The Hall–Kier alpha value is -2.40. The molecule has 0 heterocycles. The highest BCUT2D eigenvalue weighted by Crippen LogP contribution is 2.14. The van der Waals surface area contributed by atoms with E-state index >= 15 is 0 Å². The molecule has 0 aliphatic heterocycles. The molecule has 0 radical (unpaired) electrons. The smallest absolute Gasteiger partial charge is 0.270 e. The average molecular weight is 259 g/mol. The molecule has 1 amide bonds. The predicted molar refractivity (Wildman–Crippen MR) is 71.6 cm³/mol. The van der Waals surface area contributed by atoms with Gasteiger partial charge < -0.3 is 5.73 Å². The highest BCUT2D eigenvalue weighted by molar-refractivity contribution is 5.99. The van der Waals surface area contributed by atoms with Gasteiger partial charge in [0.1, 0.15) is 5.82 Å². The van der Waals surface area contributed by atoms with E-state index in [9.17, 15) is 9.18 Å². The van der Waals surface area contributed by atoms with E-state index in [1.807, 2.05) is 30.3 Å². The lowest BCUT2D eigenvalue weighted by Crippen LogP contribution is -2.37. The minimum Gasteiger partial charge on any atom is -0.398 e. The molecule has 0 aliphatic carbocycles. The lowest BCUT2D eigenvalue weighted by atomic mass is 10.1. The number of rotatable bonds is 4. The molecular formula is C14H14FN3O. The molecule has 0 saturated heterocycles. The number of amides is 1. The van der Waals surface area contributed by atoms with Crippen LogP contribution in [0.15, 0.2) is 48.5 Å². The van der Waals surface area contributed by atoms with Crippen LogP contribution >= 0.6 is 0 Å². The number of carbonyl (C=O) groups excluding carboxylic acids is 1. The summed E-state index contributed by atoms with van der Waals surface area (Å²) in [5.74, 6) is -1.23. The molecule has 2 aromatic carbocycles. The van der Waals surface area contributed by atoms with Gasteiger partial charge in [0.05, 0.1) is 5.56 Å². The van der Waals surface area contributed by atoms with Crippen LogP contribution < -0.4 is 16.6 Å². The first-order valence-corrected chi connectivity index (χ1v) is 5.79. The lowest BCUT2D eigenvalue weighted by molar-refractivity contribution is 0.0929. The van der Waals surface area contributed by atoms with Crippen molar-refractivity contribution in [2.24, 2.45) is 0 Å². The van der Waals surface area contributed by atoms with Crippen molar-refractivity contribution in [2.75, 3.05) is 5.73 Å². The second-order valence-corrected chi connectivity index (χ2v) is 4.00. The summed E-state index contributed by atoms with van der Waals surface area (Å²) in [5.41, 5.74) is 11.7. The zero-order valence-corrected chi connectivity index (χ0v) is 10.2. The molecule has 4 N–H and O–H groups in total. The van der Waals surface area contributed by atoms with Gasteiger partial charge in [0.2, 0.25) is 0 Å². The SMILES string of the molecule is Nc1cccc(F)c1C(=O)NNCc1ccccc1. The van der Waals surface area contributed by atoms with Gasteiger partial charge in [0.15, 0.2) is 0 Å². The van der Waals surface area contributed by atoms with Crippen molar-refractivity contribution in [1.82, 2.24) is 10.9 Å². The molecule has 0 aromatic heterocycles. The van der Waals surface area contributed by atoms with Crippen LogP contribution in [0.2, 0.25) is 0 Å². The quantitative estimate of drug-likeness (QED) is 0.580. The van der Waals surface area contributed by atoms with Gasteiger partial charge in [-0.1, -0.05) is 36.4 Å². The molecule has 2 rings (SSSR count). The fraction of sp³-hybridized carbons (Fsp3) is 0.0714. The summed E-state index contributed by atoms with van der Waals surface area (Å²) in [6.07, 6.45) is 0. The minimum atomic E-state index is -0.640. The second-order valence-electron chi connectivity index (χ2n) is 4.00. The van der Waals surface area contributed by atoms with E-state index in [1.165, 1.54) is 18.2 Å². The summed E-state index contributed by atoms with van der Waals surface area (Å²) >= 11 is 0. The van der Waals surface area contributed by atoms with Crippen molar-refractivity contribution < 1.29 is 9.18 Å². The van der Waals surface area contributed by atoms with Gasteiger partial charge >= 0.3 is 0 Å². The Kier molecular flexibility index (Phi) is 4.10. The molecule has 19 heavy (non-hydrogen) atoms. The van der Waals surface area contributed by atoms with Gasteiger partial charge in [-0.2, -0.15) is 0 Å². The van der Waals surface area contributed by atoms with Gasteiger partial charge in [-0.25, -0.2) is 9.82 Å². The number of hydrogen-bond donors (Lipinski definition) is 3. The molecule has 4 nitrogen and oxygen atoms in total. The number of nitrogens with one attached hydrogen (secondary N) is 2. The number of nitrogen functional groups attached to an aromatic ring is 1. The Morgan fingerprint density at radius 2 is 1.84 bits per heavy atom. The molecule has 0 unspecified atom stereocenters. The summed E-state index contributed by atoms with van der Waals surface area (Å²) < 4.78 is 13.5. The summed E-state index contributed by atoms with van der Waals surface area (Å²) in [5, 5.41) is 0.